The van der Waals surface area contributed by atoms with Gasteiger partial charge >= 0.3 is 0 Å². The van der Waals surface area contributed by atoms with E-state index in [0.717, 1.165) is 12.5 Å². The van der Waals surface area contributed by atoms with Gasteiger partial charge in [0.1, 0.15) is 0 Å². The van der Waals surface area contributed by atoms with Crippen LogP contribution in [0.25, 0.3) is 0 Å². The van der Waals surface area contributed by atoms with Crippen LogP contribution in [-0.2, 0) is 13.0 Å². The number of hydrogen-bond acceptors (Lipinski definition) is 2. The molecule has 1 aromatic rings. The minimum atomic E-state index is 0.402. The molecule has 3 heteroatoms. The quantitative estimate of drug-likeness (QED) is 0.774. The van der Waals surface area contributed by atoms with Crippen LogP contribution < -0.4 is 5.73 Å². The van der Waals surface area contributed by atoms with Gasteiger partial charge in [-0.1, -0.05) is 13.8 Å². The van der Waals surface area contributed by atoms with Gasteiger partial charge in [-0.05, 0) is 18.8 Å². The van der Waals surface area contributed by atoms with E-state index in [2.05, 4.69) is 23.4 Å². The summed E-state index contributed by atoms with van der Waals surface area (Å²) in [6.07, 6.45) is 4.43. The molecule has 0 bridgehead atoms. The predicted molar refractivity (Wildman–Crippen MR) is 57.2 cm³/mol. The highest BCUT2D eigenvalue weighted by atomic mass is 15.1. The maximum absolute atomic E-state index is 5.67. The van der Waals surface area contributed by atoms with E-state index >= 15 is 0 Å². The lowest BCUT2D eigenvalue weighted by atomic mass is 9.96. The lowest BCUT2D eigenvalue weighted by molar-refractivity contribution is 0.397. The van der Waals surface area contributed by atoms with Crippen molar-refractivity contribution in [2.24, 2.45) is 11.7 Å². The Morgan fingerprint density at radius 1 is 1.71 bits per heavy atom. The lowest BCUT2D eigenvalue weighted by Gasteiger charge is -2.22. The maximum Gasteiger partial charge on any atom is 0.0951 e. The average molecular weight is 193 g/mol. The molecule has 0 saturated carbocycles. The number of nitrogens with zero attached hydrogens (tertiary/aromatic N) is 2. The normalized spacial score (nSPS) is 23.2. The molecule has 1 aromatic heterocycles. The smallest absolute Gasteiger partial charge is 0.0951 e. The van der Waals surface area contributed by atoms with Crippen molar-refractivity contribution in [3.05, 3.63) is 17.7 Å². The molecule has 0 radical (unpaired) electrons. The SMILES string of the molecule is CC1CCc2c(C(C)CN)ncn2C1. The summed E-state index contributed by atoms with van der Waals surface area (Å²) in [6.45, 7) is 6.27. The van der Waals surface area contributed by atoms with Crippen LogP contribution in [0.2, 0.25) is 0 Å². The van der Waals surface area contributed by atoms with Crippen LogP contribution in [0.5, 0.6) is 0 Å². The van der Waals surface area contributed by atoms with E-state index in [1.165, 1.54) is 24.2 Å². The molecule has 0 aliphatic carbocycles. The molecule has 2 heterocycles. The minimum Gasteiger partial charge on any atom is -0.334 e. The van der Waals surface area contributed by atoms with Gasteiger partial charge in [0.25, 0.3) is 0 Å². The maximum atomic E-state index is 5.67. The van der Waals surface area contributed by atoms with E-state index < -0.39 is 0 Å². The summed E-state index contributed by atoms with van der Waals surface area (Å²) in [4.78, 5) is 4.49. The van der Waals surface area contributed by atoms with Crippen molar-refractivity contribution in [1.29, 1.82) is 0 Å². The van der Waals surface area contributed by atoms with E-state index in [1.807, 2.05) is 6.33 Å². The van der Waals surface area contributed by atoms with Crippen LogP contribution in [0.4, 0.5) is 0 Å². The van der Waals surface area contributed by atoms with Gasteiger partial charge in [0.15, 0.2) is 0 Å². The monoisotopic (exact) mass is 193 g/mol. The molecule has 0 amide bonds. The topological polar surface area (TPSA) is 43.8 Å². The van der Waals surface area contributed by atoms with Crippen LogP contribution in [0.15, 0.2) is 6.33 Å². The first-order valence-electron chi connectivity index (χ1n) is 5.46. The Labute approximate surface area is 85.3 Å². The van der Waals surface area contributed by atoms with Crippen molar-refractivity contribution < 1.29 is 0 Å². The second-order valence-electron chi connectivity index (χ2n) is 4.51. The first-order chi connectivity index (χ1) is 6.72. The summed E-state index contributed by atoms with van der Waals surface area (Å²) in [5.41, 5.74) is 8.31. The molecular formula is C11H19N3. The van der Waals surface area contributed by atoms with Crippen molar-refractivity contribution in [3.63, 3.8) is 0 Å². The van der Waals surface area contributed by atoms with Crippen molar-refractivity contribution in [2.45, 2.75) is 39.2 Å². The molecule has 2 rings (SSSR count). The highest BCUT2D eigenvalue weighted by molar-refractivity contribution is 5.19. The standard InChI is InChI=1S/C11H19N3/c1-8-3-4-10-11(9(2)5-12)13-7-14(10)6-8/h7-9H,3-6,12H2,1-2H3. The Bertz CT molecular complexity index is 316. The zero-order valence-electron chi connectivity index (χ0n) is 9.03. The third kappa shape index (κ3) is 1.57. The predicted octanol–water partition coefficient (Wildman–Crippen LogP) is 1.53. The first kappa shape index (κ1) is 9.71. The van der Waals surface area contributed by atoms with Crippen LogP contribution in [-0.4, -0.2) is 16.1 Å². The Kier molecular flexibility index (Phi) is 2.59. The van der Waals surface area contributed by atoms with Crippen molar-refractivity contribution in [1.82, 2.24) is 9.55 Å². The van der Waals surface area contributed by atoms with Crippen molar-refractivity contribution in [3.8, 4) is 0 Å². The van der Waals surface area contributed by atoms with E-state index in [4.69, 9.17) is 5.73 Å². The number of nitrogens with two attached hydrogens (primary N) is 1. The third-order valence-electron chi connectivity index (χ3n) is 3.18. The summed E-state index contributed by atoms with van der Waals surface area (Å²) in [5.74, 6) is 1.19. The van der Waals surface area contributed by atoms with Gasteiger partial charge in [-0.15, -0.1) is 0 Å². The fourth-order valence-electron chi connectivity index (χ4n) is 2.19. The molecule has 3 nitrogen and oxygen atoms in total. The number of rotatable bonds is 2. The molecule has 2 atom stereocenters. The van der Waals surface area contributed by atoms with Crippen LogP contribution >= 0.6 is 0 Å². The van der Waals surface area contributed by atoms with Crippen molar-refractivity contribution >= 4 is 0 Å². The zero-order chi connectivity index (χ0) is 10.1. The molecule has 1 aliphatic rings. The fraction of sp³-hybridized carbons (Fsp3) is 0.727. The Morgan fingerprint density at radius 2 is 2.50 bits per heavy atom. The van der Waals surface area contributed by atoms with E-state index in [9.17, 15) is 0 Å². The summed E-state index contributed by atoms with van der Waals surface area (Å²) < 4.78 is 2.30. The number of fused-ring (bicyclic) bond motifs is 1. The molecule has 0 saturated heterocycles. The highest BCUT2D eigenvalue weighted by Gasteiger charge is 2.21. The number of hydrogen-bond donors (Lipinski definition) is 1. The largest absolute Gasteiger partial charge is 0.334 e. The van der Waals surface area contributed by atoms with Gasteiger partial charge in [0.2, 0.25) is 0 Å². The average Bonchev–Trinajstić information content (AvgIpc) is 2.59. The van der Waals surface area contributed by atoms with E-state index in [0.29, 0.717) is 12.5 Å². The summed E-state index contributed by atoms with van der Waals surface area (Å²) in [7, 11) is 0. The van der Waals surface area contributed by atoms with Gasteiger partial charge in [-0.2, -0.15) is 0 Å². The Hall–Kier alpha value is -0.830. The van der Waals surface area contributed by atoms with Crippen LogP contribution in [0.1, 0.15) is 37.6 Å². The van der Waals surface area contributed by atoms with Gasteiger partial charge in [0.05, 0.1) is 12.0 Å². The molecular weight excluding hydrogens is 174 g/mol. The van der Waals surface area contributed by atoms with E-state index in [1.54, 1.807) is 0 Å². The summed E-state index contributed by atoms with van der Waals surface area (Å²) in [5, 5.41) is 0. The number of aromatic nitrogens is 2. The Balaban J connectivity index is 2.28. The van der Waals surface area contributed by atoms with Gasteiger partial charge in [-0.3, -0.25) is 0 Å². The zero-order valence-corrected chi connectivity index (χ0v) is 9.03. The van der Waals surface area contributed by atoms with Crippen LogP contribution in [0, 0.1) is 5.92 Å². The number of imidazole rings is 1. The minimum absolute atomic E-state index is 0.402. The van der Waals surface area contributed by atoms with Gasteiger partial charge < -0.3 is 10.3 Å². The second-order valence-corrected chi connectivity index (χ2v) is 4.51. The molecule has 0 aromatic carbocycles. The van der Waals surface area contributed by atoms with E-state index in [-0.39, 0.29) is 0 Å². The molecule has 2 N–H and O–H groups in total. The molecule has 78 valence electrons. The molecule has 1 aliphatic heterocycles. The highest BCUT2D eigenvalue weighted by Crippen LogP contribution is 2.25. The first-order valence-corrected chi connectivity index (χ1v) is 5.46. The summed E-state index contributed by atoms with van der Waals surface area (Å²) in [6, 6.07) is 0. The molecule has 14 heavy (non-hydrogen) atoms. The Morgan fingerprint density at radius 3 is 3.21 bits per heavy atom. The molecule has 0 spiro atoms. The molecule has 0 fully saturated rings. The van der Waals surface area contributed by atoms with Crippen LogP contribution in [0.3, 0.4) is 0 Å². The van der Waals surface area contributed by atoms with Gasteiger partial charge in [-0.25, -0.2) is 4.98 Å². The molecule has 2 unspecified atom stereocenters. The lowest BCUT2D eigenvalue weighted by Crippen LogP contribution is -2.19. The van der Waals surface area contributed by atoms with Gasteiger partial charge in [0, 0.05) is 24.7 Å². The fourth-order valence-corrected chi connectivity index (χ4v) is 2.19. The van der Waals surface area contributed by atoms with Crippen molar-refractivity contribution in [2.75, 3.05) is 6.54 Å². The summed E-state index contributed by atoms with van der Waals surface area (Å²) >= 11 is 0. The second kappa shape index (κ2) is 3.73. The third-order valence-corrected chi connectivity index (χ3v) is 3.18.